The van der Waals surface area contributed by atoms with Gasteiger partial charge in [-0.2, -0.15) is 11.8 Å². The second-order valence-electron chi connectivity index (χ2n) is 6.70. The zero-order valence-electron chi connectivity index (χ0n) is 16.6. The molecule has 0 aliphatic heterocycles. The Morgan fingerprint density at radius 3 is 2.36 bits per heavy atom. The number of ketones is 1. The van der Waals surface area contributed by atoms with Crippen molar-refractivity contribution in [3.8, 4) is 0 Å². The number of thioether (sulfide) groups is 1. The van der Waals surface area contributed by atoms with Crippen molar-refractivity contribution in [1.29, 1.82) is 0 Å². The SMILES string of the molecule is CSCCC(NC=O)C(=O)NCC(=O)NC(Cc1ccccc1)C(=O)C(C)C. The Balaban J connectivity index is 2.65. The van der Waals surface area contributed by atoms with Crippen molar-refractivity contribution in [2.75, 3.05) is 18.6 Å². The van der Waals surface area contributed by atoms with Crippen LogP contribution in [-0.4, -0.2) is 54.6 Å². The van der Waals surface area contributed by atoms with Crippen LogP contribution in [-0.2, 0) is 25.6 Å². The van der Waals surface area contributed by atoms with Gasteiger partial charge in [-0.1, -0.05) is 44.2 Å². The highest BCUT2D eigenvalue weighted by molar-refractivity contribution is 7.98. The molecular weight excluding hydrogens is 378 g/mol. The van der Waals surface area contributed by atoms with Crippen molar-refractivity contribution in [2.24, 2.45) is 5.92 Å². The minimum Gasteiger partial charge on any atom is -0.347 e. The van der Waals surface area contributed by atoms with E-state index in [1.165, 1.54) is 0 Å². The molecule has 3 N–H and O–H groups in total. The monoisotopic (exact) mass is 407 g/mol. The van der Waals surface area contributed by atoms with Crippen LogP contribution in [0.1, 0.15) is 25.8 Å². The van der Waals surface area contributed by atoms with E-state index in [2.05, 4.69) is 16.0 Å². The fourth-order valence-corrected chi connectivity index (χ4v) is 3.09. The summed E-state index contributed by atoms with van der Waals surface area (Å²) in [6.45, 7) is 3.32. The number of carbonyl (C=O) groups excluding carboxylic acids is 4. The summed E-state index contributed by atoms with van der Waals surface area (Å²) in [7, 11) is 0. The van der Waals surface area contributed by atoms with E-state index < -0.39 is 23.9 Å². The normalized spacial score (nSPS) is 12.7. The maximum Gasteiger partial charge on any atom is 0.243 e. The smallest absolute Gasteiger partial charge is 0.243 e. The lowest BCUT2D eigenvalue weighted by molar-refractivity contribution is -0.130. The van der Waals surface area contributed by atoms with Gasteiger partial charge in [-0.05, 0) is 30.4 Å². The van der Waals surface area contributed by atoms with Crippen molar-refractivity contribution < 1.29 is 19.2 Å². The zero-order valence-corrected chi connectivity index (χ0v) is 17.4. The minimum atomic E-state index is -0.685. The molecule has 0 aliphatic rings. The fourth-order valence-electron chi connectivity index (χ4n) is 2.62. The van der Waals surface area contributed by atoms with E-state index in [4.69, 9.17) is 0 Å². The zero-order chi connectivity index (χ0) is 20.9. The molecule has 28 heavy (non-hydrogen) atoms. The summed E-state index contributed by atoms with van der Waals surface area (Å²) in [4.78, 5) is 47.6. The fraction of sp³-hybridized carbons (Fsp3) is 0.500. The summed E-state index contributed by atoms with van der Waals surface area (Å²) in [6, 6.07) is 8.10. The number of hydrogen-bond acceptors (Lipinski definition) is 5. The van der Waals surface area contributed by atoms with Gasteiger partial charge in [0.05, 0.1) is 12.6 Å². The highest BCUT2D eigenvalue weighted by atomic mass is 32.2. The predicted octanol–water partition coefficient (Wildman–Crippen LogP) is 0.923. The van der Waals surface area contributed by atoms with Crippen molar-refractivity contribution in [2.45, 2.75) is 38.8 Å². The van der Waals surface area contributed by atoms with Crippen LogP contribution in [0.15, 0.2) is 30.3 Å². The van der Waals surface area contributed by atoms with Gasteiger partial charge in [0, 0.05) is 5.92 Å². The van der Waals surface area contributed by atoms with Gasteiger partial charge in [-0.25, -0.2) is 0 Å². The third-order valence-electron chi connectivity index (χ3n) is 4.15. The molecule has 0 heterocycles. The molecule has 0 fully saturated rings. The van der Waals surface area contributed by atoms with Gasteiger partial charge in [0.1, 0.15) is 6.04 Å². The lowest BCUT2D eigenvalue weighted by Crippen LogP contribution is -2.50. The third kappa shape index (κ3) is 8.56. The summed E-state index contributed by atoms with van der Waals surface area (Å²) >= 11 is 1.56. The standard InChI is InChI=1S/C20H29N3O4S/c1-14(2)19(26)17(11-15-7-5-4-6-8-15)23-18(25)12-21-20(27)16(22-13-24)9-10-28-3/h4-8,13-14,16-17H,9-12H2,1-3H3,(H,21,27)(H,22,24)(H,23,25). The predicted molar refractivity (Wildman–Crippen MR) is 111 cm³/mol. The molecule has 1 aromatic carbocycles. The molecule has 1 rings (SSSR count). The molecule has 0 saturated heterocycles. The van der Waals surface area contributed by atoms with Gasteiger partial charge in [-0.15, -0.1) is 0 Å². The van der Waals surface area contributed by atoms with Crippen LogP contribution in [0.25, 0.3) is 0 Å². The van der Waals surface area contributed by atoms with Gasteiger partial charge in [0.2, 0.25) is 18.2 Å². The van der Waals surface area contributed by atoms with Crippen LogP contribution < -0.4 is 16.0 Å². The summed E-state index contributed by atoms with van der Waals surface area (Å²) in [5.41, 5.74) is 0.943. The molecule has 0 bridgehead atoms. The molecule has 0 aromatic heterocycles. The third-order valence-corrected chi connectivity index (χ3v) is 4.79. The molecule has 1 aromatic rings. The second-order valence-corrected chi connectivity index (χ2v) is 7.69. The van der Waals surface area contributed by atoms with Gasteiger partial charge in [-0.3, -0.25) is 19.2 Å². The van der Waals surface area contributed by atoms with Crippen LogP contribution in [0.4, 0.5) is 0 Å². The first-order valence-corrected chi connectivity index (χ1v) is 10.6. The van der Waals surface area contributed by atoms with E-state index in [1.54, 1.807) is 25.6 Å². The van der Waals surface area contributed by atoms with E-state index in [0.717, 1.165) is 5.56 Å². The highest BCUT2D eigenvalue weighted by Gasteiger charge is 2.24. The summed E-state index contributed by atoms with van der Waals surface area (Å²) in [5, 5.41) is 7.70. The summed E-state index contributed by atoms with van der Waals surface area (Å²) in [6.07, 6.45) is 3.24. The van der Waals surface area contributed by atoms with Crippen LogP contribution in [0.5, 0.6) is 0 Å². The van der Waals surface area contributed by atoms with Crippen molar-refractivity contribution in [3.63, 3.8) is 0 Å². The maximum absolute atomic E-state index is 12.5. The Bertz CT molecular complexity index is 652. The van der Waals surface area contributed by atoms with E-state index in [-0.39, 0.29) is 18.2 Å². The number of amides is 3. The van der Waals surface area contributed by atoms with E-state index in [0.29, 0.717) is 25.0 Å². The maximum atomic E-state index is 12.5. The largest absolute Gasteiger partial charge is 0.347 e. The van der Waals surface area contributed by atoms with Crippen LogP contribution in [0.2, 0.25) is 0 Å². The summed E-state index contributed by atoms with van der Waals surface area (Å²) < 4.78 is 0. The average Bonchev–Trinajstić information content (AvgIpc) is 2.68. The molecule has 3 amide bonds. The second kappa shape index (κ2) is 12.9. The minimum absolute atomic E-state index is 0.0657. The number of benzene rings is 1. The van der Waals surface area contributed by atoms with E-state index in [9.17, 15) is 19.2 Å². The molecule has 0 saturated carbocycles. The Morgan fingerprint density at radius 2 is 1.79 bits per heavy atom. The molecule has 0 aliphatic carbocycles. The molecule has 0 spiro atoms. The molecule has 2 unspecified atom stereocenters. The first-order valence-electron chi connectivity index (χ1n) is 9.22. The number of carbonyl (C=O) groups is 4. The van der Waals surface area contributed by atoms with Crippen LogP contribution >= 0.6 is 11.8 Å². The lowest BCUT2D eigenvalue weighted by Gasteiger charge is -2.20. The Hall–Kier alpha value is -2.35. The Labute approximate surface area is 170 Å². The van der Waals surface area contributed by atoms with Crippen molar-refractivity contribution >= 4 is 35.8 Å². The van der Waals surface area contributed by atoms with Crippen molar-refractivity contribution in [1.82, 2.24) is 16.0 Å². The highest BCUT2D eigenvalue weighted by Crippen LogP contribution is 2.08. The lowest BCUT2D eigenvalue weighted by atomic mass is 9.95. The number of rotatable bonds is 13. The Morgan fingerprint density at radius 1 is 1.11 bits per heavy atom. The summed E-state index contributed by atoms with van der Waals surface area (Å²) in [5.74, 6) is -0.461. The number of hydrogen-bond donors (Lipinski definition) is 3. The number of Topliss-reactive ketones (excluding diaryl/α,β-unsaturated/α-hetero) is 1. The molecule has 154 valence electrons. The molecule has 0 radical (unpaired) electrons. The van der Waals surface area contributed by atoms with E-state index in [1.807, 2.05) is 36.6 Å². The van der Waals surface area contributed by atoms with Crippen LogP contribution in [0, 0.1) is 5.92 Å². The van der Waals surface area contributed by atoms with Gasteiger partial charge in [0.25, 0.3) is 0 Å². The Kier molecular flexibility index (Phi) is 10.9. The molecular formula is C20H29N3O4S. The first kappa shape index (κ1) is 23.7. The topological polar surface area (TPSA) is 104 Å². The van der Waals surface area contributed by atoms with Gasteiger partial charge >= 0.3 is 0 Å². The molecule has 8 heteroatoms. The first-order chi connectivity index (χ1) is 13.4. The number of nitrogens with one attached hydrogen (secondary N) is 3. The quantitative estimate of drug-likeness (QED) is 0.422. The van der Waals surface area contributed by atoms with Crippen LogP contribution in [0.3, 0.4) is 0 Å². The molecule has 7 nitrogen and oxygen atoms in total. The van der Waals surface area contributed by atoms with Gasteiger partial charge < -0.3 is 16.0 Å². The molecule has 2 atom stereocenters. The van der Waals surface area contributed by atoms with Gasteiger partial charge in [0.15, 0.2) is 5.78 Å². The van der Waals surface area contributed by atoms with E-state index >= 15 is 0 Å². The van der Waals surface area contributed by atoms with Crippen molar-refractivity contribution in [3.05, 3.63) is 35.9 Å². The average molecular weight is 408 g/mol.